The third-order valence-corrected chi connectivity index (χ3v) is 6.99. The fourth-order valence-electron chi connectivity index (χ4n) is 4.48. The lowest BCUT2D eigenvalue weighted by molar-refractivity contribution is -0.138. The smallest absolute Gasteiger partial charge is 0.311 e. The van der Waals surface area contributed by atoms with Gasteiger partial charge in [0.2, 0.25) is 0 Å². The molecule has 1 aromatic rings. The van der Waals surface area contributed by atoms with Gasteiger partial charge in [0.25, 0.3) is 0 Å². The van der Waals surface area contributed by atoms with Crippen LogP contribution in [0.2, 0.25) is 0 Å². The number of aliphatic carboxylic acids is 1. The number of likely N-dealkylation sites (N-methyl/N-ethyl adjacent to an activating group) is 1. The highest BCUT2D eigenvalue weighted by Gasteiger charge is 2.22. The first-order chi connectivity index (χ1) is 18.5. The van der Waals surface area contributed by atoms with Crippen LogP contribution in [0.25, 0.3) is 0 Å². The van der Waals surface area contributed by atoms with Gasteiger partial charge < -0.3 is 14.7 Å². The van der Waals surface area contributed by atoms with Gasteiger partial charge in [0.1, 0.15) is 0 Å². The van der Waals surface area contributed by atoms with E-state index in [4.69, 9.17) is 9.84 Å². The Labute approximate surface area is 235 Å². The minimum absolute atomic E-state index is 0.0884. The molecule has 1 aliphatic rings. The molecule has 6 heteroatoms. The lowest BCUT2D eigenvalue weighted by Gasteiger charge is -2.29. The topological polar surface area (TPSA) is 65.4 Å². The van der Waals surface area contributed by atoms with Gasteiger partial charge >= 0.3 is 5.97 Å². The molecule has 0 heterocycles. The van der Waals surface area contributed by atoms with Gasteiger partial charge in [0.15, 0.2) is 0 Å². The number of hydrogen-bond acceptors (Lipinski definition) is 5. The molecular weight excluding hydrogens is 486 g/mol. The van der Waals surface area contributed by atoms with Crippen LogP contribution in [0.1, 0.15) is 71.4 Å². The van der Waals surface area contributed by atoms with Crippen LogP contribution in [0.3, 0.4) is 0 Å². The number of carboxylic acid groups (broad SMARTS) is 1. The van der Waals surface area contributed by atoms with Crippen LogP contribution in [0.15, 0.2) is 88.5 Å². The standard InChI is InChI=1S/C33H47N3O3/c1-9-31(26(4)14-15-27(5)35(10-2)22-23-39-8)36(29-16-19-33(6,7)20-17-29)34-21-18-30(32(37)38)28-13-11-12-25(3)24-28/h9,11-17,19,21,24,30H,10,18,20,22-23H2,1-8H3,(H,37,38)/b26-14+,27-15+,31-9-,34-21+. The summed E-state index contributed by atoms with van der Waals surface area (Å²) in [6, 6.07) is 7.68. The van der Waals surface area contributed by atoms with Crippen LogP contribution in [0.5, 0.6) is 0 Å². The number of nitrogens with zero attached hydrogens (tertiary/aromatic N) is 3. The maximum atomic E-state index is 12.1. The molecule has 0 spiro atoms. The molecule has 2 rings (SSSR count). The second-order valence-corrected chi connectivity index (χ2v) is 10.7. The van der Waals surface area contributed by atoms with Gasteiger partial charge in [0.05, 0.1) is 23.9 Å². The highest BCUT2D eigenvalue weighted by molar-refractivity contribution is 5.80. The largest absolute Gasteiger partial charge is 0.481 e. The van der Waals surface area contributed by atoms with Crippen molar-refractivity contribution in [2.45, 2.75) is 67.2 Å². The zero-order valence-electron chi connectivity index (χ0n) is 25.1. The van der Waals surface area contributed by atoms with Crippen molar-refractivity contribution >= 4 is 12.2 Å². The quantitative estimate of drug-likeness (QED) is 0.153. The van der Waals surface area contributed by atoms with E-state index in [0.29, 0.717) is 13.0 Å². The van der Waals surface area contributed by atoms with Gasteiger partial charge in [-0.25, -0.2) is 5.01 Å². The number of carboxylic acids is 1. The molecule has 39 heavy (non-hydrogen) atoms. The SMILES string of the molecule is C/C=C(/C(C)=C/C=C(\C)N(CC)CCOC)N(/N=C/CC(C(=O)O)c1cccc(C)c1)C1=CCC(C)(C)C=C1. The Bertz CT molecular complexity index is 1150. The van der Waals surface area contributed by atoms with Crippen molar-refractivity contribution in [3.63, 3.8) is 0 Å². The molecule has 0 aliphatic heterocycles. The number of hydrogen-bond donors (Lipinski definition) is 1. The summed E-state index contributed by atoms with van der Waals surface area (Å²) in [6.45, 7) is 17.2. The molecule has 0 amide bonds. The van der Waals surface area contributed by atoms with Gasteiger partial charge in [0, 0.05) is 38.5 Å². The van der Waals surface area contributed by atoms with E-state index in [2.05, 4.69) is 76.0 Å². The predicted molar refractivity (Wildman–Crippen MR) is 163 cm³/mol. The van der Waals surface area contributed by atoms with Crippen molar-refractivity contribution in [1.29, 1.82) is 0 Å². The van der Waals surface area contributed by atoms with Gasteiger partial charge in [-0.3, -0.25) is 4.79 Å². The molecule has 1 atom stereocenters. The Morgan fingerprint density at radius 3 is 2.56 bits per heavy atom. The first-order valence-electron chi connectivity index (χ1n) is 13.8. The third-order valence-electron chi connectivity index (χ3n) is 6.99. The molecule has 6 nitrogen and oxygen atoms in total. The number of methoxy groups -OCH3 is 1. The summed E-state index contributed by atoms with van der Waals surface area (Å²) in [5.41, 5.74) is 6.07. The van der Waals surface area contributed by atoms with Crippen LogP contribution in [-0.2, 0) is 9.53 Å². The summed E-state index contributed by atoms with van der Waals surface area (Å²) in [7, 11) is 1.72. The molecule has 0 radical (unpaired) electrons. The molecule has 0 aromatic heterocycles. The molecule has 212 valence electrons. The second-order valence-electron chi connectivity index (χ2n) is 10.7. The number of ether oxygens (including phenoxy) is 1. The van der Waals surface area contributed by atoms with Crippen LogP contribution in [0, 0.1) is 12.3 Å². The predicted octanol–water partition coefficient (Wildman–Crippen LogP) is 7.43. The van der Waals surface area contributed by atoms with E-state index in [0.717, 1.165) is 47.6 Å². The van der Waals surface area contributed by atoms with Crippen molar-refractivity contribution < 1.29 is 14.6 Å². The summed E-state index contributed by atoms with van der Waals surface area (Å²) in [5.74, 6) is -1.51. The highest BCUT2D eigenvalue weighted by Crippen LogP contribution is 2.32. The zero-order valence-corrected chi connectivity index (χ0v) is 25.1. The third kappa shape index (κ3) is 9.70. The molecule has 1 aromatic carbocycles. The number of benzene rings is 1. The Hall–Kier alpha value is -3.38. The van der Waals surface area contributed by atoms with E-state index in [1.165, 1.54) is 5.70 Å². The minimum atomic E-state index is -0.853. The van der Waals surface area contributed by atoms with Crippen molar-refractivity contribution in [1.82, 2.24) is 9.91 Å². The van der Waals surface area contributed by atoms with E-state index in [9.17, 15) is 9.90 Å². The lowest BCUT2D eigenvalue weighted by atomic mass is 9.85. The lowest BCUT2D eigenvalue weighted by Crippen LogP contribution is -2.25. The average molecular weight is 534 g/mol. The summed E-state index contributed by atoms with van der Waals surface area (Å²) in [4.78, 5) is 14.4. The van der Waals surface area contributed by atoms with Crippen LogP contribution in [0.4, 0.5) is 0 Å². The normalized spacial score (nSPS) is 16.8. The van der Waals surface area contributed by atoms with Crippen molar-refractivity contribution in [3.05, 3.63) is 94.5 Å². The van der Waals surface area contributed by atoms with Crippen LogP contribution in [-0.4, -0.2) is 54.0 Å². The van der Waals surface area contributed by atoms with Crippen molar-refractivity contribution in [3.8, 4) is 0 Å². The molecule has 1 N–H and O–H groups in total. The van der Waals surface area contributed by atoms with E-state index >= 15 is 0 Å². The minimum Gasteiger partial charge on any atom is -0.481 e. The van der Waals surface area contributed by atoms with E-state index < -0.39 is 11.9 Å². The van der Waals surface area contributed by atoms with Crippen LogP contribution < -0.4 is 0 Å². The Morgan fingerprint density at radius 1 is 1.26 bits per heavy atom. The maximum Gasteiger partial charge on any atom is 0.311 e. The van der Waals surface area contributed by atoms with Crippen molar-refractivity contribution in [2.24, 2.45) is 10.5 Å². The maximum absolute atomic E-state index is 12.1. The molecule has 0 saturated carbocycles. The molecule has 0 fully saturated rings. The van der Waals surface area contributed by atoms with Gasteiger partial charge in [-0.15, -0.1) is 0 Å². The van der Waals surface area contributed by atoms with E-state index in [1.807, 2.05) is 43.1 Å². The molecule has 1 unspecified atom stereocenters. The first-order valence-corrected chi connectivity index (χ1v) is 13.8. The molecule has 1 aliphatic carbocycles. The first kappa shape index (κ1) is 31.8. The fourth-order valence-corrected chi connectivity index (χ4v) is 4.48. The summed E-state index contributed by atoms with van der Waals surface area (Å²) in [5, 5.41) is 16.7. The van der Waals surface area contributed by atoms with Gasteiger partial charge in [-0.05, 0) is 69.7 Å². The average Bonchev–Trinajstić information content (AvgIpc) is 2.89. The summed E-state index contributed by atoms with van der Waals surface area (Å²) >= 11 is 0. The summed E-state index contributed by atoms with van der Waals surface area (Å²) < 4.78 is 5.26. The molecular formula is C33H47N3O3. The summed E-state index contributed by atoms with van der Waals surface area (Å²) in [6.07, 6.45) is 15.7. The van der Waals surface area contributed by atoms with Gasteiger partial charge in [-0.1, -0.05) is 68.0 Å². The monoisotopic (exact) mass is 533 g/mol. The number of allylic oxidation sites excluding steroid dienone is 8. The van der Waals surface area contributed by atoms with E-state index in [1.54, 1.807) is 13.3 Å². The van der Waals surface area contributed by atoms with Gasteiger partial charge in [-0.2, -0.15) is 5.10 Å². The Morgan fingerprint density at radius 2 is 2.00 bits per heavy atom. The van der Waals surface area contributed by atoms with Crippen LogP contribution >= 0.6 is 0 Å². The molecule has 0 bridgehead atoms. The Balaban J connectivity index is 2.39. The highest BCUT2D eigenvalue weighted by atomic mass is 16.5. The number of aryl methyl sites for hydroxylation is 1. The zero-order chi connectivity index (χ0) is 29.0. The number of rotatable bonds is 14. The second kappa shape index (κ2) is 15.3. The molecule has 0 saturated heterocycles. The van der Waals surface area contributed by atoms with E-state index in [-0.39, 0.29) is 5.41 Å². The fraction of sp³-hybridized carbons (Fsp3) is 0.455. The van der Waals surface area contributed by atoms with Crippen molar-refractivity contribution in [2.75, 3.05) is 26.8 Å². The Kier molecular flexibility index (Phi) is 12.5. The number of hydrazone groups is 1. The number of carbonyl (C=O) groups is 1.